The van der Waals surface area contributed by atoms with Crippen LogP contribution in [0, 0.1) is 0 Å². The van der Waals surface area contributed by atoms with Gasteiger partial charge in [-0.15, -0.1) is 11.3 Å². The molecule has 2 fully saturated rings. The van der Waals surface area contributed by atoms with Crippen LogP contribution in [0.25, 0.3) is 54.9 Å². The van der Waals surface area contributed by atoms with Crippen molar-refractivity contribution in [2.24, 2.45) is 0 Å². The molecule has 1 aromatic carbocycles. The number of likely N-dealkylation sites (tertiary alicyclic amines) is 1. The van der Waals surface area contributed by atoms with E-state index in [-0.39, 0.29) is 13.0 Å². The van der Waals surface area contributed by atoms with Crippen LogP contribution >= 0.6 is 11.3 Å². The maximum atomic E-state index is 13.7. The van der Waals surface area contributed by atoms with Crippen LogP contribution in [0.2, 0.25) is 0 Å². The second kappa shape index (κ2) is 9.04. The van der Waals surface area contributed by atoms with Gasteiger partial charge in [0.05, 0.1) is 28.3 Å². The molecule has 6 aromatic rings. The largest absolute Gasteiger partial charge is 0.353 e. The minimum absolute atomic E-state index is 0.0831. The van der Waals surface area contributed by atoms with Gasteiger partial charge in [0, 0.05) is 64.8 Å². The lowest BCUT2D eigenvalue weighted by molar-refractivity contribution is 0.0115. The number of nitrogens with one attached hydrogen (secondary N) is 2. The van der Waals surface area contributed by atoms with Crippen LogP contribution in [-0.2, 0) is 6.54 Å². The van der Waals surface area contributed by atoms with E-state index in [0.717, 1.165) is 61.5 Å². The summed E-state index contributed by atoms with van der Waals surface area (Å²) in [6.07, 6.45) is 7.94. The Kier molecular flexibility index (Phi) is 5.40. The van der Waals surface area contributed by atoms with Crippen LogP contribution < -0.4 is 0 Å². The van der Waals surface area contributed by atoms with Gasteiger partial charge in [0.15, 0.2) is 0 Å². The molecule has 2 N–H and O–H groups in total. The summed E-state index contributed by atoms with van der Waals surface area (Å²) in [6, 6.07) is 16.8. The molecule has 5 aromatic heterocycles. The lowest BCUT2D eigenvalue weighted by Gasteiger charge is -2.15. The van der Waals surface area contributed by atoms with Gasteiger partial charge in [0.1, 0.15) is 5.69 Å². The monoisotopic (exact) mass is 552 g/mol. The highest BCUT2D eigenvalue weighted by Crippen LogP contribution is 2.45. The summed E-state index contributed by atoms with van der Waals surface area (Å²) in [5, 5.41) is 9.91. The van der Waals surface area contributed by atoms with Crippen molar-refractivity contribution < 1.29 is 8.78 Å². The summed E-state index contributed by atoms with van der Waals surface area (Å²) in [7, 11) is 0. The number of pyridine rings is 2. The maximum Gasteiger partial charge on any atom is 0.261 e. The molecule has 6 nitrogen and oxygen atoms in total. The topological polar surface area (TPSA) is 73.5 Å². The highest BCUT2D eigenvalue weighted by molar-refractivity contribution is 7.15. The Morgan fingerprint density at radius 1 is 0.950 bits per heavy atom. The Balaban J connectivity index is 1.13. The van der Waals surface area contributed by atoms with Crippen molar-refractivity contribution in [3.8, 4) is 33.1 Å². The van der Waals surface area contributed by atoms with Crippen molar-refractivity contribution >= 4 is 33.1 Å². The number of fused-ring (bicyclic) bond motifs is 2. The number of alkyl halides is 2. The number of aromatic nitrogens is 5. The average molecular weight is 553 g/mol. The van der Waals surface area contributed by atoms with Gasteiger partial charge in [-0.2, -0.15) is 5.10 Å². The predicted octanol–water partition coefficient (Wildman–Crippen LogP) is 7.62. The fourth-order valence-electron chi connectivity index (χ4n) is 5.78. The molecule has 1 saturated carbocycles. The van der Waals surface area contributed by atoms with Gasteiger partial charge in [-0.25, -0.2) is 8.78 Å². The summed E-state index contributed by atoms with van der Waals surface area (Å²) >= 11 is 1.85. The first-order valence-corrected chi connectivity index (χ1v) is 14.4. The van der Waals surface area contributed by atoms with Gasteiger partial charge in [-0.1, -0.05) is 6.07 Å². The van der Waals surface area contributed by atoms with Gasteiger partial charge in [0.25, 0.3) is 5.92 Å². The Hall–Kier alpha value is -3.95. The molecule has 40 heavy (non-hydrogen) atoms. The number of hydrogen-bond acceptors (Lipinski definition) is 5. The van der Waals surface area contributed by atoms with Crippen molar-refractivity contribution in [2.75, 3.05) is 13.1 Å². The SMILES string of the molecule is FC1(F)CCN(Cc2cncc(-c3ccc4[nH]nc(-c5cc6c(-c7ccc(C8CC8)s7)nccc6[nH]5)c4c3)c2)C1. The van der Waals surface area contributed by atoms with E-state index in [0.29, 0.717) is 13.1 Å². The predicted molar refractivity (Wildman–Crippen MR) is 155 cm³/mol. The summed E-state index contributed by atoms with van der Waals surface area (Å²) in [6.45, 7) is 0.669. The van der Waals surface area contributed by atoms with E-state index in [2.05, 4.69) is 44.4 Å². The van der Waals surface area contributed by atoms with E-state index in [1.807, 2.05) is 48.0 Å². The molecule has 0 bridgehead atoms. The molecule has 200 valence electrons. The zero-order valence-corrected chi connectivity index (χ0v) is 22.4. The van der Waals surface area contributed by atoms with Crippen LogP contribution in [0.4, 0.5) is 8.78 Å². The third kappa shape index (κ3) is 4.30. The number of H-pyrrole nitrogens is 2. The first-order chi connectivity index (χ1) is 19.5. The fraction of sp³-hybridized carbons (Fsp3) is 0.258. The molecule has 1 saturated heterocycles. The standard InChI is InChI=1S/C31H26F2N6S/c32-31(33)8-10-39(17-31)16-18-11-21(15-34-14-18)20-3-4-25-22(12-20)29(38-37-25)26-13-23-24(36-26)7-9-35-30(23)28-6-5-27(40-28)19-1-2-19/h3-7,9,11-15,19,36H,1-2,8,10,16-17H2,(H,37,38). The van der Waals surface area contributed by atoms with E-state index < -0.39 is 5.92 Å². The molecule has 1 aliphatic heterocycles. The number of hydrogen-bond donors (Lipinski definition) is 2. The normalized spacial score (nSPS) is 17.4. The molecule has 6 heterocycles. The summed E-state index contributed by atoms with van der Waals surface area (Å²) in [5.41, 5.74) is 7.60. The zero-order valence-electron chi connectivity index (χ0n) is 21.6. The minimum atomic E-state index is -2.60. The Bertz CT molecular complexity index is 1880. The Morgan fingerprint density at radius 2 is 1.85 bits per heavy atom. The maximum absolute atomic E-state index is 13.7. The molecule has 0 radical (unpaired) electrons. The van der Waals surface area contributed by atoms with Crippen LogP contribution in [0.5, 0.6) is 0 Å². The quantitative estimate of drug-likeness (QED) is 0.223. The Morgan fingerprint density at radius 3 is 2.70 bits per heavy atom. The highest BCUT2D eigenvalue weighted by Gasteiger charge is 2.38. The summed E-state index contributed by atoms with van der Waals surface area (Å²) in [4.78, 5) is 17.2. The lowest BCUT2D eigenvalue weighted by Crippen LogP contribution is -2.24. The van der Waals surface area contributed by atoms with Crippen LogP contribution in [0.1, 0.15) is 35.6 Å². The van der Waals surface area contributed by atoms with Gasteiger partial charge < -0.3 is 4.98 Å². The van der Waals surface area contributed by atoms with Crippen LogP contribution in [0.15, 0.2) is 67.1 Å². The van der Waals surface area contributed by atoms with Crippen molar-refractivity contribution in [3.63, 3.8) is 0 Å². The smallest absolute Gasteiger partial charge is 0.261 e. The van der Waals surface area contributed by atoms with Crippen LogP contribution in [-0.4, -0.2) is 49.1 Å². The van der Waals surface area contributed by atoms with Crippen molar-refractivity contribution in [3.05, 3.63) is 77.6 Å². The van der Waals surface area contributed by atoms with Gasteiger partial charge >= 0.3 is 0 Å². The zero-order chi connectivity index (χ0) is 26.8. The summed E-state index contributed by atoms with van der Waals surface area (Å²) in [5.74, 6) is -1.87. The molecule has 0 amide bonds. The molecule has 1 aliphatic carbocycles. The molecular formula is C31H26F2N6S. The van der Waals surface area contributed by atoms with Crippen molar-refractivity contribution in [1.29, 1.82) is 0 Å². The van der Waals surface area contributed by atoms with Crippen molar-refractivity contribution in [2.45, 2.75) is 37.6 Å². The van der Waals surface area contributed by atoms with Gasteiger partial charge in [0.2, 0.25) is 0 Å². The third-order valence-electron chi connectivity index (χ3n) is 7.99. The molecule has 0 spiro atoms. The number of thiophene rings is 1. The molecule has 9 heteroatoms. The number of nitrogens with zero attached hydrogens (tertiary/aromatic N) is 4. The Labute approximate surface area is 233 Å². The van der Waals surface area contributed by atoms with E-state index in [1.54, 1.807) is 11.1 Å². The number of benzene rings is 1. The second-order valence-corrected chi connectivity index (χ2v) is 12.1. The number of rotatable bonds is 6. The number of aromatic amines is 2. The van der Waals surface area contributed by atoms with E-state index in [4.69, 9.17) is 4.98 Å². The lowest BCUT2D eigenvalue weighted by atomic mass is 10.0. The molecule has 8 rings (SSSR count). The molecule has 0 unspecified atom stereocenters. The van der Waals surface area contributed by atoms with Crippen LogP contribution in [0.3, 0.4) is 0 Å². The van der Waals surface area contributed by atoms with E-state index in [1.165, 1.54) is 22.6 Å². The minimum Gasteiger partial charge on any atom is -0.353 e. The number of halogens is 2. The highest BCUT2D eigenvalue weighted by atomic mass is 32.1. The first-order valence-electron chi connectivity index (χ1n) is 13.6. The van der Waals surface area contributed by atoms with Crippen molar-refractivity contribution in [1.82, 2.24) is 30.0 Å². The summed E-state index contributed by atoms with van der Waals surface area (Å²) < 4.78 is 27.3. The van der Waals surface area contributed by atoms with Gasteiger partial charge in [-0.05, 0) is 72.4 Å². The molecule has 0 atom stereocenters. The fourth-order valence-corrected chi connectivity index (χ4v) is 6.96. The molecular weight excluding hydrogens is 526 g/mol. The van der Waals surface area contributed by atoms with E-state index in [9.17, 15) is 8.78 Å². The third-order valence-corrected chi connectivity index (χ3v) is 9.24. The molecule has 2 aliphatic rings. The second-order valence-electron chi connectivity index (χ2n) is 11.0. The van der Waals surface area contributed by atoms with E-state index >= 15 is 0 Å². The van der Waals surface area contributed by atoms with Gasteiger partial charge in [-0.3, -0.25) is 20.0 Å². The first kappa shape index (κ1) is 23.9. The average Bonchev–Trinajstić information content (AvgIpc) is 3.29.